The molecule has 92 valence electrons. The maximum absolute atomic E-state index is 14.3. The van der Waals surface area contributed by atoms with Crippen LogP contribution in [0.2, 0.25) is 0 Å². The number of aliphatic carboxylic acids is 1. The van der Waals surface area contributed by atoms with Crippen molar-refractivity contribution in [3.8, 4) is 0 Å². The van der Waals surface area contributed by atoms with E-state index < -0.39 is 12.1 Å². The maximum atomic E-state index is 14.3. The molecular formula is C13H16FNO2. The Kier molecular flexibility index (Phi) is 3.74. The first kappa shape index (κ1) is 12.0. The predicted molar refractivity (Wildman–Crippen MR) is 62.6 cm³/mol. The molecule has 1 heterocycles. The fourth-order valence-electron chi connectivity index (χ4n) is 2.31. The number of nitrogens with one attached hydrogen (secondary N) is 1. The molecule has 0 saturated carbocycles. The lowest BCUT2D eigenvalue weighted by atomic mass is 9.92. The van der Waals surface area contributed by atoms with Gasteiger partial charge in [-0.05, 0) is 24.1 Å². The first-order chi connectivity index (χ1) is 8.18. The molecule has 2 atom stereocenters. The highest BCUT2D eigenvalue weighted by Crippen LogP contribution is 2.32. The van der Waals surface area contributed by atoms with Crippen molar-refractivity contribution in [2.24, 2.45) is 5.92 Å². The zero-order chi connectivity index (χ0) is 12.3. The van der Waals surface area contributed by atoms with E-state index >= 15 is 0 Å². The van der Waals surface area contributed by atoms with Gasteiger partial charge in [0.25, 0.3) is 0 Å². The van der Waals surface area contributed by atoms with Gasteiger partial charge in [0.2, 0.25) is 0 Å². The second-order valence-electron chi connectivity index (χ2n) is 4.42. The molecule has 2 unspecified atom stereocenters. The number of alkyl halides is 1. The monoisotopic (exact) mass is 237 g/mol. The highest BCUT2D eigenvalue weighted by atomic mass is 19.1. The molecule has 17 heavy (non-hydrogen) atoms. The van der Waals surface area contributed by atoms with Gasteiger partial charge in [-0.3, -0.25) is 4.79 Å². The molecule has 0 aromatic heterocycles. The Morgan fingerprint density at radius 2 is 2.29 bits per heavy atom. The molecule has 0 amide bonds. The Bertz CT molecular complexity index is 402. The number of halogens is 1. The maximum Gasteiger partial charge on any atom is 0.307 e. The molecule has 1 aromatic carbocycles. The first-order valence-corrected chi connectivity index (χ1v) is 5.83. The van der Waals surface area contributed by atoms with E-state index in [2.05, 4.69) is 5.32 Å². The van der Waals surface area contributed by atoms with Crippen molar-refractivity contribution in [1.29, 1.82) is 0 Å². The standard InChI is InChI=1S/C13H16FNO2/c14-13(10-5-6-15-8-10)11-4-2-1-3-9(11)7-12(16)17/h1-4,10,13,15H,5-8H2,(H,16,17). The number of carbonyl (C=O) groups is 1. The van der Waals surface area contributed by atoms with Crippen LogP contribution in [0.3, 0.4) is 0 Å². The minimum Gasteiger partial charge on any atom is -0.481 e. The fraction of sp³-hybridized carbons (Fsp3) is 0.462. The summed E-state index contributed by atoms with van der Waals surface area (Å²) in [6.07, 6.45) is -0.375. The van der Waals surface area contributed by atoms with Gasteiger partial charge in [0.05, 0.1) is 6.42 Å². The lowest BCUT2D eigenvalue weighted by molar-refractivity contribution is -0.136. The van der Waals surface area contributed by atoms with Gasteiger partial charge >= 0.3 is 5.97 Å². The van der Waals surface area contributed by atoms with Crippen LogP contribution >= 0.6 is 0 Å². The van der Waals surface area contributed by atoms with Gasteiger partial charge in [-0.1, -0.05) is 24.3 Å². The van der Waals surface area contributed by atoms with E-state index in [-0.39, 0.29) is 12.3 Å². The Morgan fingerprint density at radius 1 is 1.53 bits per heavy atom. The summed E-state index contributed by atoms with van der Waals surface area (Å²) >= 11 is 0. The summed E-state index contributed by atoms with van der Waals surface area (Å²) in [5, 5.41) is 11.9. The lowest BCUT2D eigenvalue weighted by Crippen LogP contribution is -2.15. The van der Waals surface area contributed by atoms with E-state index in [0.717, 1.165) is 13.0 Å². The van der Waals surface area contributed by atoms with E-state index in [1.165, 1.54) is 0 Å². The van der Waals surface area contributed by atoms with Gasteiger partial charge in [0.15, 0.2) is 0 Å². The molecule has 2 N–H and O–H groups in total. The molecule has 4 heteroatoms. The number of carboxylic acids is 1. The Hall–Kier alpha value is -1.42. The normalized spacial score (nSPS) is 21.4. The van der Waals surface area contributed by atoms with Crippen LogP contribution in [-0.2, 0) is 11.2 Å². The molecular weight excluding hydrogens is 221 g/mol. The van der Waals surface area contributed by atoms with Crippen LogP contribution in [-0.4, -0.2) is 24.2 Å². The second-order valence-corrected chi connectivity index (χ2v) is 4.42. The van der Waals surface area contributed by atoms with Gasteiger partial charge in [0, 0.05) is 12.5 Å². The molecule has 1 aromatic rings. The summed E-state index contributed by atoms with van der Waals surface area (Å²) in [6, 6.07) is 6.90. The Balaban J connectivity index is 2.20. The van der Waals surface area contributed by atoms with Gasteiger partial charge in [-0.2, -0.15) is 0 Å². The molecule has 1 aliphatic rings. The molecule has 3 nitrogen and oxygen atoms in total. The van der Waals surface area contributed by atoms with Crippen molar-refractivity contribution >= 4 is 5.97 Å². The van der Waals surface area contributed by atoms with E-state index in [1.807, 2.05) is 0 Å². The van der Waals surface area contributed by atoms with Crippen molar-refractivity contribution in [2.45, 2.75) is 19.0 Å². The second kappa shape index (κ2) is 5.27. The van der Waals surface area contributed by atoms with Gasteiger partial charge in [-0.15, -0.1) is 0 Å². The van der Waals surface area contributed by atoms with Crippen LogP contribution in [0.15, 0.2) is 24.3 Å². The van der Waals surface area contributed by atoms with Crippen molar-refractivity contribution in [2.75, 3.05) is 13.1 Å². The highest BCUT2D eigenvalue weighted by Gasteiger charge is 2.27. The summed E-state index contributed by atoms with van der Waals surface area (Å²) in [7, 11) is 0. The molecule has 0 aliphatic carbocycles. The third-order valence-corrected chi connectivity index (χ3v) is 3.21. The van der Waals surface area contributed by atoms with Crippen molar-refractivity contribution in [1.82, 2.24) is 5.32 Å². The van der Waals surface area contributed by atoms with E-state index in [9.17, 15) is 9.18 Å². The van der Waals surface area contributed by atoms with Gasteiger partial charge < -0.3 is 10.4 Å². The fourth-order valence-corrected chi connectivity index (χ4v) is 2.31. The summed E-state index contributed by atoms with van der Waals surface area (Å²) in [6.45, 7) is 1.51. The van der Waals surface area contributed by atoms with Crippen LogP contribution in [0.5, 0.6) is 0 Å². The number of hydrogen-bond acceptors (Lipinski definition) is 2. The third-order valence-electron chi connectivity index (χ3n) is 3.21. The molecule has 1 aliphatic heterocycles. The van der Waals surface area contributed by atoms with Gasteiger partial charge in [0.1, 0.15) is 6.17 Å². The minimum atomic E-state index is -1.07. The van der Waals surface area contributed by atoms with Crippen LogP contribution in [0.1, 0.15) is 23.7 Å². The van der Waals surface area contributed by atoms with Crippen LogP contribution in [0, 0.1) is 5.92 Å². The van der Waals surface area contributed by atoms with Crippen molar-refractivity contribution in [3.05, 3.63) is 35.4 Å². The molecule has 2 rings (SSSR count). The van der Waals surface area contributed by atoms with Gasteiger partial charge in [-0.25, -0.2) is 4.39 Å². The molecule has 1 fully saturated rings. The first-order valence-electron chi connectivity index (χ1n) is 5.83. The van der Waals surface area contributed by atoms with E-state index in [0.29, 0.717) is 17.7 Å². The topological polar surface area (TPSA) is 49.3 Å². The van der Waals surface area contributed by atoms with Crippen LogP contribution < -0.4 is 5.32 Å². The van der Waals surface area contributed by atoms with E-state index in [1.54, 1.807) is 24.3 Å². The van der Waals surface area contributed by atoms with Crippen LogP contribution in [0.25, 0.3) is 0 Å². The molecule has 1 saturated heterocycles. The third kappa shape index (κ3) is 2.82. The minimum absolute atomic E-state index is 0.0371. The quantitative estimate of drug-likeness (QED) is 0.841. The lowest BCUT2D eigenvalue weighted by Gasteiger charge is -2.17. The van der Waals surface area contributed by atoms with Crippen molar-refractivity contribution < 1.29 is 14.3 Å². The molecule has 0 radical (unpaired) electrons. The predicted octanol–water partition coefficient (Wildman–Crippen LogP) is 1.93. The Labute approximate surface area is 99.7 Å². The average molecular weight is 237 g/mol. The number of hydrogen-bond donors (Lipinski definition) is 2. The van der Waals surface area contributed by atoms with Crippen molar-refractivity contribution in [3.63, 3.8) is 0 Å². The number of rotatable bonds is 4. The summed E-state index contributed by atoms with van der Waals surface area (Å²) < 4.78 is 14.3. The SMILES string of the molecule is O=C(O)Cc1ccccc1C(F)C1CCNC1. The summed E-state index contributed by atoms with van der Waals surface area (Å²) in [5.74, 6) is -0.959. The zero-order valence-electron chi connectivity index (χ0n) is 9.53. The largest absolute Gasteiger partial charge is 0.481 e. The van der Waals surface area contributed by atoms with Crippen LogP contribution in [0.4, 0.5) is 4.39 Å². The zero-order valence-corrected chi connectivity index (χ0v) is 9.53. The summed E-state index contributed by atoms with van der Waals surface area (Å²) in [5.41, 5.74) is 1.11. The smallest absolute Gasteiger partial charge is 0.307 e. The van der Waals surface area contributed by atoms with E-state index in [4.69, 9.17) is 5.11 Å². The highest BCUT2D eigenvalue weighted by molar-refractivity contribution is 5.70. The summed E-state index contributed by atoms with van der Waals surface area (Å²) in [4.78, 5) is 10.7. The Morgan fingerprint density at radius 3 is 2.94 bits per heavy atom. The molecule has 0 bridgehead atoms. The number of benzene rings is 1. The molecule has 0 spiro atoms. The number of carboxylic acid groups (broad SMARTS) is 1. The average Bonchev–Trinajstić information content (AvgIpc) is 2.81.